The third-order valence-corrected chi connectivity index (χ3v) is 10.7. The largest absolute Gasteiger partial charge is 0.309 e. The highest BCUT2D eigenvalue weighted by Gasteiger charge is 2.22. The number of fused-ring (bicyclic) bond motifs is 6. The fourth-order valence-electron chi connectivity index (χ4n) is 7.51. The van der Waals surface area contributed by atoms with Gasteiger partial charge in [-0.15, -0.1) is 0 Å². The average Bonchev–Trinajstić information content (AvgIpc) is 3.43. The Balaban J connectivity index is 1.22. The Hall–Kier alpha value is -5.57. The van der Waals surface area contributed by atoms with Crippen LogP contribution in [0.5, 0.6) is 0 Å². The molecule has 0 atom stereocenters. The van der Waals surface area contributed by atoms with E-state index in [0.717, 1.165) is 0 Å². The van der Waals surface area contributed by atoms with Gasteiger partial charge in [0.25, 0.3) is 0 Å². The van der Waals surface area contributed by atoms with Gasteiger partial charge in [-0.25, -0.2) is 0 Å². The van der Waals surface area contributed by atoms with Crippen molar-refractivity contribution >= 4 is 55.1 Å². The van der Waals surface area contributed by atoms with Crippen molar-refractivity contribution in [3.63, 3.8) is 0 Å². The lowest BCUT2D eigenvalue weighted by Crippen LogP contribution is -1.95. The van der Waals surface area contributed by atoms with Gasteiger partial charge in [0.05, 0.1) is 11.0 Å². The van der Waals surface area contributed by atoms with E-state index in [2.05, 4.69) is 168 Å². The predicted octanol–water partition coefficient (Wildman–Crippen LogP) is 12.6. The van der Waals surface area contributed by atoms with Crippen LogP contribution >= 0.6 is 11.8 Å². The third kappa shape index (κ3) is 3.77. The van der Waals surface area contributed by atoms with Gasteiger partial charge in [-0.05, 0) is 92.0 Å². The molecule has 1 aliphatic rings. The molecule has 1 aromatic heterocycles. The van der Waals surface area contributed by atoms with E-state index in [-0.39, 0.29) is 0 Å². The van der Waals surface area contributed by atoms with Crippen molar-refractivity contribution in [1.29, 1.82) is 0 Å². The van der Waals surface area contributed by atoms with E-state index in [9.17, 15) is 0 Å². The first-order chi connectivity index (χ1) is 22.8. The van der Waals surface area contributed by atoms with E-state index < -0.39 is 0 Å². The van der Waals surface area contributed by atoms with Gasteiger partial charge in [-0.2, -0.15) is 0 Å². The molecule has 0 fully saturated rings. The summed E-state index contributed by atoms with van der Waals surface area (Å²) in [6.45, 7) is 0. The van der Waals surface area contributed by atoms with E-state index in [4.69, 9.17) is 0 Å². The standard InChI is InChI=1S/C44H27NS/c1-2-13-31(14-3-1)45-40-27-30(21-22-35(40)39-25-28-11-4-5-12-29(28)26-41(39)45)32-15-6-7-16-33(32)34-23-24-43-44-37(34)18-10-19-38(44)36-17-8-9-20-42(36)46-43/h1-27H. The highest BCUT2D eigenvalue weighted by Crippen LogP contribution is 2.50. The monoisotopic (exact) mass is 601 g/mol. The fourth-order valence-corrected chi connectivity index (χ4v) is 8.64. The summed E-state index contributed by atoms with van der Waals surface area (Å²) in [4.78, 5) is 2.65. The van der Waals surface area contributed by atoms with Crippen LogP contribution in [0.2, 0.25) is 0 Å². The van der Waals surface area contributed by atoms with Gasteiger partial charge >= 0.3 is 0 Å². The Kier molecular flexibility index (Phi) is 5.58. The Morgan fingerprint density at radius 3 is 1.93 bits per heavy atom. The number of hydrogen-bond acceptors (Lipinski definition) is 1. The molecule has 10 rings (SSSR count). The summed E-state index contributed by atoms with van der Waals surface area (Å²) in [5.74, 6) is 0. The predicted molar refractivity (Wildman–Crippen MR) is 196 cm³/mol. The first-order valence-corrected chi connectivity index (χ1v) is 16.6. The molecule has 0 bridgehead atoms. The number of nitrogens with zero attached hydrogens (tertiary/aromatic N) is 1. The van der Waals surface area contributed by atoms with E-state index >= 15 is 0 Å². The molecule has 0 N–H and O–H groups in total. The molecule has 1 aliphatic heterocycles. The molecule has 0 spiro atoms. The molecule has 214 valence electrons. The minimum atomic E-state index is 1.17. The second-order valence-corrected chi connectivity index (χ2v) is 13.2. The van der Waals surface area contributed by atoms with Gasteiger partial charge in [0.1, 0.15) is 0 Å². The molecule has 9 aromatic rings. The lowest BCUT2D eigenvalue weighted by atomic mass is 9.89. The zero-order chi connectivity index (χ0) is 30.2. The summed E-state index contributed by atoms with van der Waals surface area (Å²) in [5, 5.41) is 7.71. The minimum Gasteiger partial charge on any atom is -0.309 e. The molecule has 0 radical (unpaired) electrons. The van der Waals surface area contributed by atoms with Crippen LogP contribution in [0.3, 0.4) is 0 Å². The summed E-state index contributed by atoms with van der Waals surface area (Å²) in [6, 6.07) is 60.3. The molecule has 2 heteroatoms. The number of benzene rings is 8. The Morgan fingerprint density at radius 2 is 1.07 bits per heavy atom. The first kappa shape index (κ1) is 25.7. The van der Waals surface area contributed by atoms with Crippen molar-refractivity contribution in [2.24, 2.45) is 0 Å². The maximum atomic E-state index is 2.43. The van der Waals surface area contributed by atoms with Crippen LogP contribution in [0.25, 0.3) is 82.4 Å². The zero-order valence-corrected chi connectivity index (χ0v) is 25.8. The third-order valence-electron chi connectivity index (χ3n) is 9.58. The van der Waals surface area contributed by atoms with E-state index in [1.165, 1.54) is 92.2 Å². The molecule has 0 unspecified atom stereocenters. The average molecular weight is 602 g/mol. The summed E-state index contributed by atoms with van der Waals surface area (Å²) in [6.07, 6.45) is 0. The normalized spacial score (nSPS) is 12.3. The second-order valence-electron chi connectivity index (χ2n) is 12.1. The lowest BCUT2D eigenvalue weighted by molar-refractivity contribution is 1.18. The summed E-state index contributed by atoms with van der Waals surface area (Å²) in [5.41, 5.74) is 11.2. The Bertz CT molecular complexity index is 2660. The first-order valence-electron chi connectivity index (χ1n) is 15.8. The maximum Gasteiger partial charge on any atom is 0.0547 e. The van der Waals surface area contributed by atoms with Gasteiger partial charge in [0, 0.05) is 31.6 Å². The van der Waals surface area contributed by atoms with Crippen molar-refractivity contribution in [1.82, 2.24) is 4.57 Å². The quantitative estimate of drug-likeness (QED) is 0.195. The highest BCUT2D eigenvalue weighted by molar-refractivity contribution is 7.99. The molecule has 0 saturated carbocycles. The molecule has 0 saturated heterocycles. The van der Waals surface area contributed by atoms with Crippen LogP contribution < -0.4 is 0 Å². The van der Waals surface area contributed by atoms with Crippen molar-refractivity contribution < 1.29 is 0 Å². The van der Waals surface area contributed by atoms with Gasteiger partial charge < -0.3 is 4.57 Å². The number of rotatable bonds is 3. The van der Waals surface area contributed by atoms with Crippen LogP contribution in [-0.2, 0) is 0 Å². The van der Waals surface area contributed by atoms with Gasteiger partial charge in [-0.3, -0.25) is 0 Å². The Morgan fingerprint density at radius 1 is 0.370 bits per heavy atom. The van der Waals surface area contributed by atoms with Gasteiger partial charge in [0.2, 0.25) is 0 Å². The molecule has 2 heterocycles. The van der Waals surface area contributed by atoms with E-state index in [1.54, 1.807) is 0 Å². The fraction of sp³-hybridized carbons (Fsp3) is 0. The number of hydrogen-bond donors (Lipinski definition) is 0. The summed E-state index contributed by atoms with van der Waals surface area (Å²) >= 11 is 1.88. The molecule has 0 aliphatic carbocycles. The SMILES string of the molecule is c1ccc(-n2c3cc(-c4ccccc4-c4ccc5c6c(cccc46)-c4ccccc4S5)ccc3c3cc4ccccc4cc32)cc1. The van der Waals surface area contributed by atoms with Crippen molar-refractivity contribution in [2.75, 3.05) is 0 Å². The van der Waals surface area contributed by atoms with Crippen molar-refractivity contribution in [2.45, 2.75) is 9.79 Å². The summed E-state index contributed by atoms with van der Waals surface area (Å²) < 4.78 is 2.43. The maximum absolute atomic E-state index is 2.43. The molecular weight excluding hydrogens is 575 g/mol. The topological polar surface area (TPSA) is 4.93 Å². The van der Waals surface area contributed by atoms with Crippen molar-refractivity contribution in [3.05, 3.63) is 164 Å². The van der Waals surface area contributed by atoms with E-state index in [0.29, 0.717) is 0 Å². The van der Waals surface area contributed by atoms with Crippen LogP contribution in [0, 0.1) is 0 Å². The van der Waals surface area contributed by atoms with Crippen molar-refractivity contribution in [3.8, 4) is 39.1 Å². The Labute approximate surface area is 271 Å². The van der Waals surface area contributed by atoms with E-state index in [1.807, 2.05) is 11.8 Å². The lowest BCUT2D eigenvalue weighted by Gasteiger charge is -2.22. The second kappa shape index (κ2) is 9.97. The minimum absolute atomic E-state index is 1.17. The molecule has 1 nitrogen and oxygen atoms in total. The van der Waals surface area contributed by atoms with Crippen LogP contribution in [-0.4, -0.2) is 4.57 Å². The van der Waals surface area contributed by atoms with Crippen LogP contribution in [0.1, 0.15) is 0 Å². The zero-order valence-electron chi connectivity index (χ0n) is 24.9. The van der Waals surface area contributed by atoms with Crippen LogP contribution in [0.15, 0.2) is 174 Å². The number of para-hydroxylation sites is 1. The molecule has 46 heavy (non-hydrogen) atoms. The number of aromatic nitrogens is 1. The van der Waals surface area contributed by atoms with Gasteiger partial charge in [0.15, 0.2) is 0 Å². The molecular formula is C44H27NS. The van der Waals surface area contributed by atoms with Gasteiger partial charge in [-0.1, -0.05) is 133 Å². The highest BCUT2D eigenvalue weighted by atomic mass is 32.2. The smallest absolute Gasteiger partial charge is 0.0547 e. The molecule has 8 aromatic carbocycles. The summed E-state index contributed by atoms with van der Waals surface area (Å²) in [7, 11) is 0. The van der Waals surface area contributed by atoms with Crippen LogP contribution in [0.4, 0.5) is 0 Å². The molecule has 0 amide bonds.